The van der Waals surface area contributed by atoms with Gasteiger partial charge in [-0.05, 0) is 49.9 Å². The Bertz CT molecular complexity index is 408. The van der Waals surface area contributed by atoms with Crippen molar-refractivity contribution in [3.8, 4) is 5.75 Å². The fourth-order valence-electron chi connectivity index (χ4n) is 3.03. The Morgan fingerprint density at radius 2 is 2.05 bits per heavy atom. The van der Waals surface area contributed by atoms with E-state index in [1.54, 1.807) is 7.11 Å². The zero-order valence-corrected chi connectivity index (χ0v) is 13.4. The van der Waals surface area contributed by atoms with Crippen LogP contribution in [0.4, 0.5) is 0 Å². The van der Waals surface area contributed by atoms with Crippen LogP contribution in [0.1, 0.15) is 51.0 Å². The molecule has 0 heterocycles. The van der Waals surface area contributed by atoms with Crippen LogP contribution in [-0.2, 0) is 11.3 Å². The second-order valence-corrected chi connectivity index (χ2v) is 5.94. The number of methoxy groups -OCH3 is 1. The molecule has 3 heteroatoms. The number of benzene rings is 1. The highest BCUT2D eigenvalue weighted by Gasteiger charge is 2.24. The zero-order valence-electron chi connectivity index (χ0n) is 13.4. The lowest BCUT2D eigenvalue weighted by Gasteiger charge is -2.27. The van der Waals surface area contributed by atoms with Gasteiger partial charge in [0, 0.05) is 13.2 Å². The van der Waals surface area contributed by atoms with Crippen LogP contribution < -0.4 is 10.1 Å². The highest BCUT2D eigenvalue weighted by molar-refractivity contribution is 5.28. The molecule has 1 saturated carbocycles. The molecule has 0 aliphatic heterocycles. The van der Waals surface area contributed by atoms with Gasteiger partial charge in [-0.3, -0.25) is 0 Å². The van der Waals surface area contributed by atoms with Crippen molar-refractivity contribution < 1.29 is 9.47 Å². The van der Waals surface area contributed by atoms with E-state index in [-0.39, 0.29) is 6.10 Å². The van der Waals surface area contributed by atoms with Gasteiger partial charge in [0.2, 0.25) is 0 Å². The summed E-state index contributed by atoms with van der Waals surface area (Å²) in [6.07, 6.45) is 7.74. The summed E-state index contributed by atoms with van der Waals surface area (Å²) in [5.74, 6) is 0.972. The topological polar surface area (TPSA) is 30.5 Å². The lowest BCUT2D eigenvalue weighted by Crippen LogP contribution is -2.42. The first-order valence-corrected chi connectivity index (χ1v) is 8.31. The molecule has 1 aromatic rings. The molecule has 0 saturated heterocycles. The molecule has 0 radical (unpaired) electrons. The maximum atomic E-state index is 6.31. The SMILES string of the molecule is CCCNC1CCCCCC1Oc1cccc(COC)c1. The minimum Gasteiger partial charge on any atom is -0.489 e. The number of rotatable bonds is 7. The molecule has 1 fully saturated rings. The van der Waals surface area contributed by atoms with Gasteiger partial charge in [-0.2, -0.15) is 0 Å². The van der Waals surface area contributed by atoms with Gasteiger partial charge in [-0.1, -0.05) is 31.9 Å². The Kier molecular flexibility index (Phi) is 7.04. The maximum absolute atomic E-state index is 6.31. The van der Waals surface area contributed by atoms with Gasteiger partial charge in [0.25, 0.3) is 0 Å². The molecular weight excluding hydrogens is 262 g/mol. The van der Waals surface area contributed by atoms with Crippen molar-refractivity contribution in [2.45, 2.75) is 64.2 Å². The maximum Gasteiger partial charge on any atom is 0.120 e. The minimum absolute atomic E-state index is 0.289. The summed E-state index contributed by atoms with van der Waals surface area (Å²) >= 11 is 0. The fraction of sp³-hybridized carbons (Fsp3) is 0.667. The van der Waals surface area contributed by atoms with Crippen molar-refractivity contribution in [1.29, 1.82) is 0 Å². The Labute approximate surface area is 129 Å². The molecule has 118 valence electrons. The first kappa shape index (κ1) is 16.3. The summed E-state index contributed by atoms with van der Waals surface area (Å²) in [5.41, 5.74) is 1.17. The van der Waals surface area contributed by atoms with E-state index in [2.05, 4.69) is 36.5 Å². The van der Waals surface area contributed by atoms with Gasteiger partial charge < -0.3 is 14.8 Å². The second-order valence-electron chi connectivity index (χ2n) is 5.94. The van der Waals surface area contributed by atoms with Crippen LogP contribution in [0.5, 0.6) is 5.75 Å². The molecule has 0 aromatic heterocycles. The summed E-state index contributed by atoms with van der Waals surface area (Å²) in [6.45, 7) is 3.93. The third-order valence-electron chi connectivity index (χ3n) is 4.11. The van der Waals surface area contributed by atoms with Gasteiger partial charge >= 0.3 is 0 Å². The van der Waals surface area contributed by atoms with E-state index < -0.39 is 0 Å². The lowest BCUT2D eigenvalue weighted by molar-refractivity contribution is 0.143. The van der Waals surface area contributed by atoms with Crippen molar-refractivity contribution in [3.05, 3.63) is 29.8 Å². The van der Waals surface area contributed by atoms with Crippen LogP contribution in [0, 0.1) is 0 Å². The summed E-state index contributed by atoms with van der Waals surface area (Å²) in [6, 6.07) is 8.77. The average molecular weight is 291 g/mol. The van der Waals surface area contributed by atoms with Crippen molar-refractivity contribution in [3.63, 3.8) is 0 Å². The Hall–Kier alpha value is -1.06. The fourth-order valence-corrected chi connectivity index (χ4v) is 3.03. The van der Waals surface area contributed by atoms with E-state index >= 15 is 0 Å². The molecule has 21 heavy (non-hydrogen) atoms. The van der Waals surface area contributed by atoms with E-state index in [1.165, 1.54) is 37.7 Å². The van der Waals surface area contributed by atoms with Crippen LogP contribution in [-0.4, -0.2) is 25.8 Å². The molecule has 1 aliphatic rings. The molecule has 0 amide bonds. The van der Waals surface area contributed by atoms with Crippen molar-refractivity contribution in [2.24, 2.45) is 0 Å². The molecular formula is C18H29NO2. The third kappa shape index (κ3) is 5.33. The van der Waals surface area contributed by atoms with Gasteiger partial charge in [-0.25, -0.2) is 0 Å². The van der Waals surface area contributed by atoms with Crippen LogP contribution in [0.2, 0.25) is 0 Å². The molecule has 2 atom stereocenters. The molecule has 0 spiro atoms. The number of hydrogen-bond acceptors (Lipinski definition) is 3. The number of hydrogen-bond donors (Lipinski definition) is 1. The van der Waals surface area contributed by atoms with Gasteiger partial charge in [-0.15, -0.1) is 0 Å². The second kappa shape index (κ2) is 9.06. The quantitative estimate of drug-likeness (QED) is 0.773. The van der Waals surface area contributed by atoms with E-state index in [9.17, 15) is 0 Å². The number of nitrogens with one attached hydrogen (secondary N) is 1. The van der Waals surface area contributed by atoms with E-state index in [1.807, 2.05) is 0 Å². The highest BCUT2D eigenvalue weighted by atomic mass is 16.5. The van der Waals surface area contributed by atoms with Gasteiger partial charge in [0.15, 0.2) is 0 Å². The first-order chi connectivity index (χ1) is 10.3. The Morgan fingerprint density at radius 3 is 2.86 bits per heavy atom. The van der Waals surface area contributed by atoms with E-state index in [4.69, 9.17) is 9.47 Å². The lowest BCUT2D eigenvalue weighted by atomic mass is 10.1. The summed E-state index contributed by atoms with van der Waals surface area (Å²) in [7, 11) is 1.73. The first-order valence-electron chi connectivity index (χ1n) is 8.31. The largest absolute Gasteiger partial charge is 0.489 e. The smallest absolute Gasteiger partial charge is 0.120 e. The van der Waals surface area contributed by atoms with Gasteiger partial charge in [0.05, 0.1) is 6.61 Å². The number of ether oxygens (including phenoxy) is 2. The zero-order chi connectivity index (χ0) is 14.9. The van der Waals surface area contributed by atoms with Crippen molar-refractivity contribution >= 4 is 0 Å². The Morgan fingerprint density at radius 1 is 1.19 bits per heavy atom. The monoisotopic (exact) mass is 291 g/mol. The van der Waals surface area contributed by atoms with Crippen LogP contribution in [0.15, 0.2) is 24.3 Å². The van der Waals surface area contributed by atoms with Crippen LogP contribution in [0.3, 0.4) is 0 Å². The summed E-state index contributed by atoms with van der Waals surface area (Å²) < 4.78 is 11.5. The highest BCUT2D eigenvalue weighted by Crippen LogP contribution is 2.24. The standard InChI is InChI=1S/C18H29NO2/c1-3-12-19-17-10-5-4-6-11-18(17)21-16-9-7-8-15(13-16)14-20-2/h7-9,13,17-19H,3-6,10-12,14H2,1-2H3. The van der Waals surface area contributed by atoms with Crippen LogP contribution in [0.25, 0.3) is 0 Å². The summed E-state index contributed by atoms with van der Waals surface area (Å²) in [5, 5.41) is 3.67. The third-order valence-corrected chi connectivity index (χ3v) is 4.11. The van der Waals surface area contributed by atoms with E-state index in [0.29, 0.717) is 12.6 Å². The van der Waals surface area contributed by atoms with Crippen molar-refractivity contribution in [1.82, 2.24) is 5.32 Å². The Balaban J connectivity index is 2.01. The predicted octanol–water partition coefficient (Wildman–Crippen LogP) is 3.91. The molecule has 1 N–H and O–H groups in total. The van der Waals surface area contributed by atoms with Gasteiger partial charge in [0.1, 0.15) is 11.9 Å². The molecule has 1 aromatic carbocycles. The molecule has 0 bridgehead atoms. The predicted molar refractivity (Wildman–Crippen MR) is 86.7 cm³/mol. The van der Waals surface area contributed by atoms with Crippen LogP contribution >= 0.6 is 0 Å². The van der Waals surface area contributed by atoms with E-state index in [0.717, 1.165) is 18.7 Å². The minimum atomic E-state index is 0.289. The summed E-state index contributed by atoms with van der Waals surface area (Å²) in [4.78, 5) is 0. The molecule has 2 rings (SSSR count). The normalized spacial score (nSPS) is 22.8. The molecule has 1 aliphatic carbocycles. The van der Waals surface area contributed by atoms with Crippen molar-refractivity contribution in [2.75, 3.05) is 13.7 Å². The molecule has 3 nitrogen and oxygen atoms in total. The molecule has 2 unspecified atom stereocenters. The average Bonchev–Trinajstić information content (AvgIpc) is 2.71.